The lowest BCUT2D eigenvalue weighted by Crippen LogP contribution is -2.29. The zero-order chi connectivity index (χ0) is 21.5. The molecule has 1 aromatic heterocycles. The highest BCUT2D eigenvalue weighted by Crippen LogP contribution is 2.46. The van der Waals surface area contributed by atoms with E-state index in [0.717, 1.165) is 41.9 Å². The Morgan fingerprint density at radius 1 is 1.20 bits per heavy atom. The van der Waals surface area contributed by atoms with Crippen molar-refractivity contribution in [2.75, 3.05) is 5.32 Å². The Bertz CT molecular complexity index is 1070. The molecule has 2 unspecified atom stereocenters. The van der Waals surface area contributed by atoms with Gasteiger partial charge < -0.3 is 15.0 Å². The second kappa shape index (κ2) is 7.78. The molecule has 1 aliphatic rings. The summed E-state index contributed by atoms with van der Waals surface area (Å²) >= 11 is 0. The maximum atomic E-state index is 11.5. The van der Waals surface area contributed by atoms with Gasteiger partial charge in [0.25, 0.3) is 0 Å². The number of aromatic nitrogens is 2. The van der Waals surface area contributed by atoms with Crippen LogP contribution in [0.25, 0.3) is 11.0 Å². The lowest BCUT2D eigenvalue weighted by atomic mass is 9.70. The third kappa shape index (κ3) is 4.07. The van der Waals surface area contributed by atoms with Crippen LogP contribution in [0.3, 0.4) is 0 Å². The van der Waals surface area contributed by atoms with Gasteiger partial charge in [-0.1, -0.05) is 39.8 Å². The number of nitrogens with zero attached hydrogens (tertiary/aromatic N) is 2. The number of benzene rings is 2. The van der Waals surface area contributed by atoms with Crippen LogP contribution < -0.4 is 5.32 Å². The quantitative estimate of drug-likeness (QED) is 0.513. The fourth-order valence-corrected chi connectivity index (χ4v) is 5.13. The van der Waals surface area contributed by atoms with E-state index in [1.807, 2.05) is 6.07 Å². The van der Waals surface area contributed by atoms with Crippen LogP contribution in [0, 0.1) is 11.3 Å². The van der Waals surface area contributed by atoms with Crippen molar-refractivity contribution in [3.63, 3.8) is 0 Å². The molecule has 0 radical (unpaired) electrons. The van der Waals surface area contributed by atoms with E-state index >= 15 is 0 Å². The molecule has 1 fully saturated rings. The number of anilines is 2. The topological polar surface area (TPSA) is 67.2 Å². The number of aromatic carboxylic acids is 1. The van der Waals surface area contributed by atoms with Gasteiger partial charge in [-0.2, -0.15) is 0 Å². The number of nitrogens with one attached hydrogen (secondary N) is 1. The molecule has 0 saturated heterocycles. The first-order chi connectivity index (χ1) is 14.3. The predicted octanol–water partition coefficient (Wildman–Crippen LogP) is 6.43. The summed E-state index contributed by atoms with van der Waals surface area (Å²) in [6, 6.07) is 14.0. The van der Waals surface area contributed by atoms with Gasteiger partial charge in [0.15, 0.2) is 0 Å². The summed E-state index contributed by atoms with van der Waals surface area (Å²) in [6.45, 7) is 9.15. The van der Waals surface area contributed by atoms with E-state index in [-0.39, 0.29) is 11.0 Å². The highest BCUT2D eigenvalue weighted by Gasteiger charge is 2.34. The van der Waals surface area contributed by atoms with Crippen LogP contribution in [-0.2, 0) is 6.42 Å². The third-order valence-electron chi connectivity index (χ3n) is 6.28. The van der Waals surface area contributed by atoms with Gasteiger partial charge in [-0.25, -0.2) is 9.78 Å². The van der Waals surface area contributed by atoms with Gasteiger partial charge in [0.2, 0.25) is 5.95 Å². The molecule has 5 nitrogen and oxygen atoms in total. The van der Waals surface area contributed by atoms with Crippen LogP contribution in [0.5, 0.6) is 0 Å². The molecule has 30 heavy (non-hydrogen) atoms. The number of hydrogen-bond acceptors (Lipinski definition) is 3. The number of hydrogen-bond donors (Lipinski definition) is 2. The van der Waals surface area contributed by atoms with E-state index in [9.17, 15) is 9.90 Å². The second-order valence-corrected chi connectivity index (χ2v) is 9.56. The summed E-state index contributed by atoms with van der Waals surface area (Å²) in [5.41, 5.74) is 4.53. The monoisotopic (exact) mass is 405 g/mol. The summed E-state index contributed by atoms with van der Waals surface area (Å²) in [7, 11) is 0. The lowest BCUT2D eigenvalue weighted by Gasteiger charge is -2.40. The Kier molecular flexibility index (Phi) is 5.31. The van der Waals surface area contributed by atoms with Crippen molar-refractivity contribution in [2.24, 2.45) is 11.3 Å². The van der Waals surface area contributed by atoms with Crippen LogP contribution in [0.15, 0.2) is 42.5 Å². The third-order valence-corrected chi connectivity index (χ3v) is 6.28. The summed E-state index contributed by atoms with van der Waals surface area (Å²) < 4.78 is 2.30. The number of aryl methyl sites for hydroxylation is 1. The molecule has 1 saturated carbocycles. The van der Waals surface area contributed by atoms with Crippen LogP contribution in [0.4, 0.5) is 11.6 Å². The molecule has 4 rings (SSSR count). The van der Waals surface area contributed by atoms with Crippen LogP contribution in [-0.4, -0.2) is 20.6 Å². The highest BCUT2D eigenvalue weighted by molar-refractivity contribution is 5.93. The van der Waals surface area contributed by atoms with Crippen molar-refractivity contribution in [2.45, 2.75) is 59.4 Å². The molecule has 158 valence electrons. The molecule has 0 bridgehead atoms. The van der Waals surface area contributed by atoms with E-state index in [1.54, 1.807) is 12.1 Å². The lowest BCUT2D eigenvalue weighted by molar-refractivity contribution is 0.0697. The van der Waals surface area contributed by atoms with Gasteiger partial charge in [-0.15, -0.1) is 0 Å². The van der Waals surface area contributed by atoms with Gasteiger partial charge in [0.05, 0.1) is 16.6 Å². The van der Waals surface area contributed by atoms with Gasteiger partial charge >= 0.3 is 5.97 Å². The fourth-order valence-electron chi connectivity index (χ4n) is 5.13. The van der Waals surface area contributed by atoms with Crippen molar-refractivity contribution >= 4 is 28.6 Å². The van der Waals surface area contributed by atoms with E-state index < -0.39 is 5.97 Å². The maximum Gasteiger partial charge on any atom is 0.335 e. The first-order valence-corrected chi connectivity index (χ1v) is 10.9. The minimum Gasteiger partial charge on any atom is -0.478 e. The van der Waals surface area contributed by atoms with Gasteiger partial charge in [-0.3, -0.25) is 0 Å². The van der Waals surface area contributed by atoms with Crippen LogP contribution in [0.2, 0.25) is 0 Å². The Hall–Kier alpha value is -2.82. The zero-order valence-corrected chi connectivity index (χ0v) is 18.3. The molecule has 0 amide bonds. The van der Waals surface area contributed by atoms with E-state index in [2.05, 4.69) is 61.8 Å². The maximum absolute atomic E-state index is 11.5. The number of carboxylic acid groups (broad SMARTS) is 1. The molecule has 0 spiro atoms. The zero-order valence-electron chi connectivity index (χ0n) is 18.3. The average Bonchev–Trinajstić information content (AvgIpc) is 3.04. The SMILES string of the molecule is CCc1ccc(Nc2nc3cc(C(=O)O)ccc3n2C2CC(C)CC(C)(C)C2)cc1. The smallest absolute Gasteiger partial charge is 0.335 e. The Morgan fingerprint density at radius 3 is 2.57 bits per heavy atom. The Balaban J connectivity index is 1.80. The van der Waals surface area contributed by atoms with E-state index in [0.29, 0.717) is 12.0 Å². The van der Waals surface area contributed by atoms with Gasteiger partial charge in [-0.05, 0) is 72.9 Å². The van der Waals surface area contributed by atoms with Crippen molar-refractivity contribution in [1.82, 2.24) is 9.55 Å². The molecule has 0 aliphatic heterocycles. The molecule has 1 aliphatic carbocycles. The number of rotatable bonds is 5. The minimum atomic E-state index is -0.927. The first kappa shape index (κ1) is 20.5. The molecule has 5 heteroatoms. The summed E-state index contributed by atoms with van der Waals surface area (Å²) in [6.07, 6.45) is 4.40. The second-order valence-electron chi connectivity index (χ2n) is 9.56. The number of fused-ring (bicyclic) bond motifs is 1. The molecular weight excluding hydrogens is 374 g/mol. The van der Waals surface area contributed by atoms with Crippen LogP contribution in [0.1, 0.15) is 68.9 Å². The predicted molar refractivity (Wildman–Crippen MR) is 122 cm³/mol. The highest BCUT2D eigenvalue weighted by atomic mass is 16.4. The average molecular weight is 406 g/mol. The largest absolute Gasteiger partial charge is 0.478 e. The Morgan fingerprint density at radius 2 is 1.93 bits per heavy atom. The van der Waals surface area contributed by atoms with Crippen LogP contribution >= 0.6 is 0 Å². The summed E-state index contributed by atoms with van der Waals surface area (Å²) in [5.74, 6) is 0.487. The minimum absolute atomic E-state index is 0.264. The van der Waals surface area contributed by atoms with Gasteiger partial charge in [0, 0.05) is 11.7 Å². The number of carboxylic acids is 1. The summed E-state index contributed by atoms with van der Waals surface area (Å²) in [4.78, 5) is 16.3. The van der Waals surface area contributed by atoms with Crippen molar-refractivity contribution in [1.29, 1.82) is 0 Å². The first-order valence-electron chi connectivity index (χ1n) is 10.9. The Labute approximate surface area is 178 Å². The standard InChI is InChI=1S/C25H31N3O2/c1-5-17-6-9-19(10-7-17)26-24-27-21-13-18(23(29)30)8-11-22(21)28(24)20-12-16(2)14-25(3,4)15-20/h6-11,13,16,20H,5,12,14-15H2,1-4H3,(H,26,27)(H,29,30). The number of imidazole rings is 1. The molecule has 2 N–H and O–H groups in total. The van der Waals surface area contributed by atoms with Crippen molar-refractivity contribution < 1.29 is 9.90 Å². The molecule has 2 atom stereocenters. The van der Waals surface area contributed by atoms with E-state index in [1.165, 1.54) is 12.0 Å². The van der Waals surface area contributed by atoms with Crippen molar-refractivity contribution in [3.05, 3.63) is 53.6 Å². The number of carbonyl (C=O) groups is 1. The summed E-state index contributed by atoms with van der Waals surface area (Å²) in [5, 5.41) is 12.9. The van der Waals surface area contributed by atoms with Crippen molar-refractivity contribution in [3.8, 4) is 0 Å². The van der Waals surface area contributed by atoms with E-state index in [4.69, 9.17) is 4.98 Å². The molecule has 1 heterocycles. The molecule has 2 aromatic carbocycles. The molecule has 3 aromatic rings. The normalized spacial score (nSPS) is 20.9. The molecular formula is C25H31N3O2. The van der Waals surface area contributed by atoms with Gasteiger partial charge in [0.1, 0.15) is 0 Å². The fraction of sp³-hybridized carbons (Fsp3) is 0.440.